The van der Waals surface area contributed by atoms with E-state index in [9.17, 15) is 9.59 Å². The third kappa shape index (κ3) is 3.20. The summed E-state index contributed by atoms with van der Waals surface area (Å²) in [5.41, 5.74) is 1.48. The van der Waals surface area contributed by atoms with Gasteiger partial charge in [0, 0.05) is 7.05 Å². The van der Waals surface area contributed by atoms with E-state index in [-0.39, 0.29) is 18.4 Å². The normalized spacial score (nSPS) is 19.3. The van der Waals surface area contributed by atoms with E-state index in [4.69, 9.17) is 11.6 Å². The van der Waals surface area contributed by atoms with Crippen molar-refractivity contribution in [2.75, 3.05) is 6.54 Å². The van der Waals surface area contributed by atoms with E-state index in [1.807, 2.05) is 20.8 Å². The predicted molar refractivity (Wildman–Crippen MR) is 79.8 cm³/mol. The highest BCUT2D eigenvalue weighted by Gasteiger charge is 2.35. The highest BCUT2D eigenvalue weighted by atomic mass is 35.5. The first kappa shape index (κ1) is 15.8. The monoisotopic (exact) mass is 312 g/mol. The molecule has 7 heteroatoms. The Balaban J connectivity index is 2.28. The van der Waals surface area contributed by atoms with Crippen LogP contribution in [0, 0.1) is 12.8 Å². The predicted octanol–water partition coefficient (Wildman–Crippen LogP) is 1.26. The zero-order valence-electron chi connectivity index (χ0n) is 12.8. The summed E-state index contributed by atoms with van der Waals surface area (Å²) >= 11 is 6.25. The first-order chi connectivity index (χ1) is 9.81. The van der Waals surface area contributed by atoms with Crippen LogP contribution >= 0.6 is 11.6 Å². The van der Waals surface area contributed by atoms with Crippen molar-refractivity contribution in [1.29, 1.82) is 0 Å². The molecular formula is C14H21ClN4O2. The second-order valence-corrected chi connectivity index (χ2v) is 6.23. The van der Waals surface area contributed by atoms with Gasteiger partial charge in [0.2, 0.25) is 11.8 Å². The number of carbonyl (C=O) groups excluding carboxylic acids is 2. The van der Waals surface area contributed by atoms with E-state index in [1.54, 1.807) is 16.6 Å². The highest BCUT2D eigenvalue weighted by Crippen LogP contribution is 2.24. The lowest BCUT2D eigenvalue weighted by Gasteiger charge is -2.35. The topological polar surface area (TPSA) is 67.2 Å². The van der Waals surface area contributed by atoms with Crippen molar-refractivity contribution in [1.82, 2.24) is 20.0 Å². The Bertz CT molecular complexity index is 568. The fraction of sp³-hybridized carbons (Fsp3) is 0.643. The molecule has 1 aromatic rings. The lowest BCUT2D eigenvalue weighted by Crippen LogP contribution is -2.58. The fourth-order valence-electron chi connectivity index (χ4n) is 2.59. The minimum absolute atomic E-state index is 0.0435. The summed E-state index contributed by atoms with van der Waals surface area (Å²) in [6, 6.07) is -0.447. The molecule has 2 heterocycles. The second kappa shape index (κ2) is 6.05. The molecule has 1 aromatic heterocycles. The number of halogens is 1. The van der Waals surface area contributed by atoms with E-state index in [1.165, 1.54) is 0 Å². The van der Waals surface area contributed by atoms with Crippen molar-refractivity contribution in [3.05, 3.63) is 16.4 Å². The smallest absolute Gasteiger partial charge is 0.243 e. The summed E-state index contributed by atoms with van der Waals surface area (Å²) < 4.78 is 1.67. The molecule has 2 amide bonds. The van der Waals surface area contributed by atoms with E-state index in [0.29, 0.717) is 23.9 Å². The van der Waals surface area contributed by atoms with Crippen molar-refractivity contribution in [2.24, 2.45) is 13.0 Å². The fourth-order valence-corrected chi connectivity index (χ4v) is 2.81. The maximum Gasteiger partial charge on any atom is 0.243 e. The first-order valence-corrected chi connectivity index (χ1v) is 7.44. The lowest BCUT2D eigenvalue weighted by molar-refractivity contribution is -0.147. The summed E-state index contributed by atoms with van der Waals surface area (Å²) in [4.78, 5) is 25.9. The Hall–Kier alpha value is -1.56. The summed E-state index contributed by atoms with van der Waals surface area (Å²) in [7, 11) is 1.79. The number of hydrogen-bond acceptors (Lipinski definition) is 3. The minimum atomic E-state index is -0.447. The van der Waals surface area contributed by atoms with Gasteiger partial charge >= 0.3 is 0 Å². The molecule has 1 unspecified atom stereocenters. The van der Waals surface area contributed by atoms with Gasteiger partial charge in [0.05, 0.1) is 29.5 Å². The maximum atomic E-state index is 12.2. The van der Waals surface area contributed by atoms with Crippen LogP contribution in [0.1, 0.15) is 31.7 Å². The molecule has 6 nitrogen and oxygen atoms in total. The molecule has 1 N–H and O–H groups in total. The molecule has 1 fully saturated rings. The van der Waals surface area contributed by atoms with Crippen molar-refractivity contribution >= 4 is 23.4 Å². The average Bonchev–Trinajstić information content (AvgIpc) is 2.63. The number of aromatic nitrogens is 2. The van der Waals surface area contributed by atoms with Crippen molar-refractivity contribution < 1.29 is 9.59 Å². The SMILES string of the molecule is Cc1nn(C)c(CN2C(=O)CNC(=O)C2CC(C)C)c1Cl. The van der Waals surface area contributed by atoms with Crippen LogP contribution in [-0.2, 0) is 23.2 Å². The number of hydrogen-bond donors (Lipinski definition) is 1. The number of nitrogens with zero attached hydrogens (tertiary/aromatic N) is 3. The summed E-state index contributed by atoms with van der Waals surface area (Å²) in [5, 5.41) is 7.46. The molecule has 0 spiro atoms. The highest BCUT2D eigenvalue weighted by molar-refractivity contribution is 6.31. The number of rotatable bonds is 4. The lowest BCUT2D eigenvalue weighted by atomic mass is 9.99. The standard InChI is InChI=1S/C14H21ClN4O2/c1-8(2)5-10-14(21)16-6-12(20)19(10)7-11-13(15)9(3)17-18(11)4/h8,10H,5-7H2,1-4H3,(H,16,21). The van der Waals surface area contributed by atoms with Crippen LogP contribution in [0.2, 0.25) is 5.02 Å². The van der Waals surface area contributed by atoms with E-state index in [0.717, 1.165) is 11.4 Å². The molecule has 0 bridgehead atoms. The van der Waals surface area contributed by atoms with Gasteiger partial charge in [0.15, 0.2) is 0 Å². The summed E-state index contributed by atoms with van der Waals surface area (Å²) in [5.74, 6) is 0.131. The zero-order chi connectivity index (χ0) is 15.7. The molecule has 1 saturated heterocycles. The van der Waals surface area contributed by atoms with Crippen LogP contribution in [0.15, 0.2) is 0 Å². The Morgan fingerprint density at radius 2 is 2.10 bits per heavy atom. The van der Waals surface area contributed by atoms with Gasteiger partial charge in [0.1, 0.15) is 6.04 Å². The van der Waals surface area contributed by atoms with Gasteiger partial charge in [-0.1, -0.05) is 25.4 Å². The average molecular weight is 313 g/mol. The van der Waals surface area contributed by atoms with E-state index < -0.39 is 6.04 Å². The van der Waals surface area contributed by atoms with Crippen LogP contribution < -0.4 is 5.32 Å². The van der Waals surface area contributed by atoms with Gasteiger partial charge in [-0.05, 0) is 19.3 Å². The minimum Gasteiger partial charge on any atom is -0.345 e. The number of carbonyl (C=O) groups is 2. The van der Waals surface area contributed by atoms with Gasteiger partial charge < -0.3 is 10.2 Å². The summed E-state index contributed by atoms with van der Waals surface area (Å²) in [6.07, 6.45) is 0.631. The molecule has 2 rings (SSSR count). The molecule has 1 aliphatic heterocycles. The van der Waals surface area contributed by atoms with Gasteiger partial charge in [-0.15, -0.1) is 0 Å². The largest absolute Gasteiger partial charge is 0.345 e. The van der Waals surface area contributed by atoms with Gasteiger partial charge in [-0.2, -0.15) is 5.10 Å². The molecular weight excluding hydrogens is 292 g/mol. The second-order valence-electron chi connectivity index (χ2n) is 5.85. The first-order valence-electron chi connectivity index (χ1n) is 7.06. The molecule has 1 atom stereocenters. The van der Waals surface area contributed by atoms with Gasteiger partial charge in [-0.3, -0.25) is 14.3 Å². The van der Waals surface area contributed by atoms with E-state index in [2.05, 4.69) is 10.4 Å². The van der Waals surface area contributed by atoms with Crippen LogP contribution in [0.4, 0.5) is 0 Å². The van der Waals surface area contributed by atoms with Crippen LogP contribution in [0.25, 0.3) is 0 Å². The molecule has 0 radical (unpaired) electrons. The molecule has 21 heavy (non-hydrogen) atoms. The van der Waals surface area contributed by atoms with Gasteiger partial charge in [0.25, 0.3) is 0 Å². The van der Waals surface area contributed by atoms with Crippen LogP contribution in [0.3, 0.4) is 0 Å². The van der Waals surface area contributed by atoms with Gasteiger partial charge in [-0.25, -0.2) is 0 Å². The van der Waals surface area contributed by atoms with Crippen molar-refractivity contribution in [2.45, 2.75) is 39.8 Å². The molecule has 0 saturated carbocycles. The molecule has 0 aromatic carbocycles. The number of amides is 2. The summed E-state index contributed by atoms with van der Waals surface area (Å²) in [6.45, 7) is 6.24. The third-order valence-electron chi connectivity index (χ3n) is 3.69. The van der Waals surface area contributed by atoms with Crippen LogP contribution in [-0.4, -0.2) is 39.1 Å². The zero-order valence-corrected chi connectivity index (χ0v) is 13.6. The maximum absolute atomic E-state index is 12.2. The Morgan fingerprint density at radius 1 is 1.43 bits per heavy atom. The van der Waals surface area contributed by atoms with Crippen LogP contribution in [0.5, 0.6) is 0 Å². The van der Waals surface area contributed by atoms with Crippen molar-refractivity contribution in [3.8, 4) is 0 Å². The number of nitrogens with one attached hydrogen (secondary N) is 1. The third-order valence-corrected chi connectivity index (χ3v) is 4.18. The Kier molecular flexibility index (Phi) is 4.56. The Morgan fingerprint density at radius 3 is 2.62 bits per heavy atom. The van der Waals surface area contributed by atoms with Crippen molar-refractivity contribution in [3.63, 3.8) is 0 Å². The molecule has 0 aliphatic carbocycles. The Labute approximate surface area is 129 Å². The quantitative estimate of drug-likeness (QED) is 0.910. The number of aryl methyl sites for hydroxylation is 2. The number of piperazine rings is 1. The van der Waals surface area contributed by atoms with E-state index >= 15 is 0 Å². The molecule has 116 valence electrons. The molecule has 1 aliphatic rings.